The molecule has 1 aliphatic heterocycles. The first kappa shape index (κ1) is 23.9. The standard InChI is InChI=1S/C24H42N2O4/c27-23(19-29-17-21-7-3-1-4-8-21)15-25-11-13-26(14-12-25)16-24(28)20-30-18-22-9-5-2-6-10-22/h1-3,5,21-24,27-28H,4,6-20H2/t21-,22+,23-,24-/m1/s1. The zero-order valence-electron chi connectivity index (χ0n) is 18.5. The summed E-state index contributed by atoms with van der Waals surface area (Å²) in [7, 11) is 0. The Morgan fingerprint density at radius 2 is 1.13 bits per heavy atom. The number of ether oxygens (including phenoxy) is 2. The molecule has 0 amide bonds. The molecular weight excluding hydrogens is 380 g/mol. The first-order valence-electron chi connectivity index (χ1n) is 12.0. The van der Waals surface area contributed by atoms with Gasteiger partial charge in [0.15, 0.2) is 0 Å². The van der Waals surface area contributed by atoms with Crippen LogP contribution in [0.4, 0.5) is 0 Å². The minimum absolute atomic E-state index is 0.424. The Bertz CT molecular complexity index is 473. The van der Waals surface area contributed by atoms with Crippen LogP contribution in [-0.4, -0.2) is 97.9 Å². The summed E-state index contributed by atoms with van der Waals surface area (Å²) in [5.41, 5.74) is 0. The molecule has 4 atom stereocenters. The minimum Gasteiger partial charge on any atom is -0.389 e. The first-order chi connectivity index (χ1) is 14.7. The molecule has 6 nitrogen and oxygen atoms in total. The van der Waals surface area contributed by atoms with Gasteiger partial charge in [-0.2, -0.15) is 0 Å². The summed E-state index contributed by atoms with van der Waals surface area (Å²) < 4.78 is 11.5. The van der Waals surface area contributed by atoms with Crippen molar-refractivity contribution in [1.29, 1.82) is 0 Å². The van der Waals surface area contributed by atoms with Crippen molar-refractivity contribution >= 4 is 0 Å². The van der Waals surface area contributed by atoms with E-state index in [0.29, 0.717) is 38.1 Å². The lowest BCUT2D eigenvalue weighted by atomic mass is 9.95. The Balaban J connectivity index is 1.20. The van der Waals surface area contributed by atoms with Gasteiger partial charge in [-0.05, 0) is 50.4 Å². The molecule has 0 aromatic heterocycles. The number of β-amino-alcohol motifs (C(OH)–C–C–N with tert-alkyl or cyclic N) is 2. The number of piperazine rings is 1. The van der Waals surface area contributed by atoms with Crippen molar-refractivity contribution in [3.63, 3.8) is 0 Å². The van der Waals surface area contributed by atoms with Crippen LogP contribution >= 0.6 is 0 Å². The maximum absolute atomic E-state index is 10.3. The zero-order valence-corrected chi connectivity index (χ0v) is 18.5. The van der Waals surface area contributed by atoms with E-state index in [2.05, 4.69) is 34.1 Å². The van der Waals surface area contributed by atoms with Crippen molar-refractivity contribution in [1.82, 2.24) is 9.80 Å². The second-order valence-corrected chi connectivity index (χ2v) is 9.28. The zero-order chi connectivity index (χ0) is 21.0. The molecule has 2 aliphatic carbocycles. The third kappa shape index (κ3) is 9.16. The number of allylic oxidation sites excluding steroid dienone is 4. The van der Waals surface area contributed by atoms with Crippen molar-refractivity contribution in [2.45, 2.75) is 50.7 Å². The average Bonchev–Trinajstić information content (AvgIpc) is 2.77. The molecule has 0 bridgehead atoms. The summed E-state index contributed by atoms with van der Waals surface area (Å²) in [6.07, 6.45) is 15.0. The normalized spacial score (nSPS) is 27.9. The fraction of sp³-hybridized carbons (Fsp3) is 0.833. The highest BCUT2D eigenvalue weighted by molar-refractivity contribution is 4.90. The molecule has 2 N–H and O–H groups in total. The fourth-order valence-corrected chi connectivity index (χ4v) is 4.61. The summed E-state index contributed by atoms with van der Waals surface area (Å²) >= 11 is 0. The van der Waals surface area contributed by atoms with Crippen LogP contribution in [0.1, 0.15) is 38.5 Å². The lowest BCUT2D eigenvalue weighted by Gasteiger charge is -2.36. The molecule has 0 radical (unpaired) electrons. The van der Waals surface area contributed by atoms with Crippen LogP contribution in [0, 0.1) is 11.8 Å². The van der Waals surface area contributed by atoms with Crippen LogP contribution in [0.2, 0.25) is 0 Å². The second kappa shape index (κ2) is 13.6. The molecule has 3 aliphatic rings. The molecule has 30 heavy (non-hydrogen) atoms. The number of rotatable bonds is 12. The van der Waals surface area contributed by atoms with E-state index >= 15 is 0 Å². The van der Waals surface area contributed by atoms with Crippen LogP contribution in [-0.2, 0) is 9.47 Å². The molecule has 172 valence electrons. The van der Waals surface area contributed by atoms with Gasteiger partial charge in [0, 0.05) is 52.5 Å². The van der Waals surface area contributed by atoms with Crippen molar-refractivity contribution in [3.05, 3.63) is 24.3 Å². The highest BCUT2D eigenvalue weighted by Crippen LogP contribution is 2.19. The number of hydrogen-bond acceptors (Lipinski definition) is 6. The van der Waals surface area contributed by atoms with Gasteiger partial charge in [-0.25, -0.2) is 0 Å². The van der Waals surface area contributed by atoms with E-state index in [1.54, 1.807) is 0 Å². The van der Waals surface area contributed by atoms with Crippen LogP contribution in [0.15, 0.2) is 24.3 Å². The average molecular weight is 423 g/mol. The molecule has 0 aromatic rings. The van der Waals surface area contributed by atoms with E-state index in [-0.39, 0.29) is 0 Å². The van der Waals surface area contributed by atoms with Gasteiger partial charge in [-0.1, -0.05) is 24.3 Å². The van der Waals surface area contributed by atoms with Gasteiger partial charge in [0.1, 0.15) is 0 Å². The molecule has 0 aromatic carbocycles. The van der Waals surface area contributed by atoms with E-state index in [0.717, 1.165) is 65.1 Å². The van der Waals surface area contributed by atoms with Crippen molar-refractivity contribution in [3.8, 4) is 0 Å². The highest BCUT2D eigenvalue weighted by atomic mass is 16.5. The Hall–Kier alpha value is -0.760. The molecule has 1 heterocycles. The van der Waals surface area contributed by atoms with Crippen molar-refractivity contribution < 1.29 is 19.7 Å². The van der Waals surface area contributed by atoms with E-state index in [9.17, 15) is 10.2 Å². The van der Waals surface area contributed by atoms with Crippen LogP contribution in [0.25, 0.3) is 0 Å². The largest absolute Gasteiger partial charge is 0.389 e. The number of aliphatic hydroxyl groups excluding tert-OH is 2. The predicted octanol–water partition coefficient (Wildman–Crippen LogP) is 2.07. The highest BCUT2D eigenvalue weighted by Gasteiger charge is 2.22. The summed E-state index contributed by atoms with van der Waals surface area (Å²) in [5, 5.41) is 20.6. The van der Waals surface area contributed by atoms with E-state index in [1.807, 2.05) is 0 Å². The van der Waals surface area contributed by atoms with Crippen LogP contribution < -0.4 is 0 Å². The SMILES string of the molecule is O[C@@H](COC[C@@H]1CC=CCC1)CN1CCN(C[C@@H](O)COC[C@H]2CC=CCC2)CC1. The van der Waals surface area contributed by atoms with E-state index in [1.165, 1.54) is 12.8 Å². The first-order valence-corrected chi connectivity index (χ1v) is 12.0. The van der Waals surface area contributed by atoms with Gasteiger partial charge < -0.3 is 19.7 Å². The lowest BCUT2D eigenvalue weighted by molar-refractivity contribution is -0.0174. The second-order valence-electron chi connectivity index (χ2n) is 9.28. The monoisotopic (exact) mass is 422 g/mol. The van der Waals surface area contributed by atoms with Crippen LogP contribution in [0.3, 0.4) is 0 Å². The summed E-state index contributed by atoms with van der Waals surface area (Å²) in [6, 6.07) is 0. The van der Waals surface area contributed by atoms with Crippen molar-refractivity contribution in [2.75, 3.05) is 65.7 Å². The van der Waals surface area contributed by atoms with Gasteiger partial charge in [0.25, 0.3) is 0 Å². The Labute approximate surface area is 182 Å². The molecule has 3 rings (SSSR count). The quantitative estimate of drug-likeness (QED) is 0.470. The Kier molecular flexibility index (Phi) is 10.8. The Morgan fingerprint density at radius 1 is 0.700 bits per heavy atom. The van der Waals surface area contributed by atoms with Gasteiger partial charge in [0.05, 0.1) is 25.4 Å². The summed E-state index contributed by atoms with van der Waals surface area (Å²) in [5.74, 6) is 1.22. The minimum atomic E-state index is -0.427. The number of aliphatic hydroxyl groups is 2. The summed E-state index contributed by atoms with van der Waals surface area (Å²) in [4.78, 5) is 4.60. The summed E-state index contributed by atoms with van der Waals surface area (Å²) in [6.45, 7) is 7.39. The van der Waals surface area contributed by atoms with E-state index < -0.39 is 12.2 Å². The Morgan fingerprint density at radius 3 is 1.50 bits per heavy atom. The maximum atomic E-state index is 10.3. The number of hydrogen-bond donors (Lipinski definition) is 2. The molecule has 0 spiro atoms. The van der Waals surface area contributed by atoms with Gasteiger partial charge in [-0.15, -0.1) is 0 Å². The molecule has 0 saturated carbocycles. The lowest BCUT2D eigenvalue weighted by Crippen LogP contribution is -2.51. The van der Waals surface area contributed by atoms with Crippen LogP contribution in [0.5, 0.6) is 0 Å². The molecule has 6 heteroatoms. The van der Waals surface area contributed by atoms with E-state index in [4.69, 9.17) is 9.47 Å². The fourth-order valence-electron chi connectivity index (χ4n) is 4.61. The molecular formula is C24H42N2O4. The molecule has 1 saturated heterocycles. The predicted molar refractivity (Wildman–Crippen MR) is 119 cm³/mol. The van der Waals surface area contributed by atoms with Gasteiger partial charge in [0.2, 0.25) is 0 Å². The third-order valence-corrected chi connectivity index (χ3v) is 6.49. The topological polar surface area (TPSA) is 65.4 Å². The van der Waals surface area contributed by atoms with Gasteiger partial charge >= 0.3 is 0 Å². The smallest absolute Gasteiger partial charge is 0.0900 e. The molecule has 0 unspecified atom stereocenters. The molecule has 1 fully saturated rings. The number of nitrogens with zero attached hydrogens (tertiary/aromatic N) is 2. The van der Waals surface area contributed by atoms with Gasteiger partial charge in [-0.3, -0.25) is 9.80 Å². The third-order valence-electron chi connectivity index (χ3n) is 6.49. The van der Waals surface area contributed by atoms with Crippen molar-refractivity contribution in [2.24, 2.45) is 11.8 Å². The maximum Gasteiger partial charge on any atom is 0.0900 e.